The van der Waals surface area contributed by atoms with Crippen molar-refractivity contribution in [1.82, 2.24) is 5.32 Å². The van der Waals surface area contributed by atoms with E-state index in [1.807, 2.05) is 6.07 Å². The van der Waals surface area contributed by atoms with Crippen molar-refractivity contribution >= 4 is 24.0 Å². The molecule has 120 valence electrons. The molecule has 1 atom stereocenters. The minimum Gasteiger partial charge on any atom is -0.325 e. The second kappa shape index (κ2) is 6.73. The Balaban J connectivity index is 0.00000156. The van der Waals surface area contributed by atoms with Crippen LogP contribution in [0.2, 0.25) is 0 Å². The smallest absolute Gasteiger partial charge is 0.241 e. The maximum atomic E-state index is 12.3. The molecule has 2 aromatic carbocycles. The first-order chi connectivity index (χ1) is 10.8. The normalized spacial score (nSPS) is 18.5. The van der Waals surface area contributed by atoms with Crippen LogP contribution in [0.5, 0.6) is 0 Å². The molecule has 2 aromatic rings. The number of carbonyl (C=O) groups is 1. The van der Waals surface area contributed by atoms with Crippen molar-refractivity contribution in [2.24, 2.45) is 0 Å². The van der Waals surface area contributed by atoms with Gasteiger partial charge in [-0.2, -0.15) is 0 Å². The van der Waals surface area contributed by atoms with Crippen LogP contribution in [0.4, 0.5) is 5.69 Å². The van der Waals surface area contributed by atoms with Gasteiger partial charge in [-0.15, -0.1) is 12.4 Å². The van der Waals surface area contributed by atoms with E-state index < -0.39 is 0 Å². The quantitative estimate of drug-likeness (QED) is 0.752. The van der Waals surface area contributed by atoms with Gasteiger partial charge in [0, 0.05) is 5.69 Å². The molecule has 23 heavy (non-hydrogen) atoms. The van der Waals surface area contributed by atoms with Gasteiger partial charge in [0.15, 0.2) is 0 Å². The molecule has 2 N–H and O–H groups in total. The number of benzene rings is 2. The number of rotatable bonds is 2. The number of carbonyl (C=O) groups excluding carboxylic acids is 1. The van der Waals surface area contributed by atoms with Gasteiger partial charge in [0.05, 0.1) is 6.04 Å². The van der Waals surface area contributed by atoms with E-state index in [0.717, 1.165) is 31.5 Å². The predicted molar refractivity (Wildman–Crippen MR) is 96.2 cm³/mol. The number of amides is 1. The van der Waals surface area contributed by atoms with E-state index in [4.69, 9.17) is 0 Å². The molecule has 1 saturated heterocycles. The fraction of sp³-hybridized carbons (Fsp3) is 0.316. The van der Waals surface area contributed by atoms with Crippen molar-refractivity contribution in [3.63, 3.8) is 0 Å². The Bertz CT molecular complexity index is 723. The van der Waals surface area contributed by atoms with Crippen LogP contribution in [0.1, 0.15) is 30.4 Å². The lowest BCUT2D eigenvalue weighted by atomic mass is 10.0. The molecule has 0 saturated carbocycles. The second-order valence-electron chi connectivity index (χ2n) is 6.20. The fourth-order valence-corrected chi connectivity index (χ4v) is 3.53. The standard InChI is InChI=1S/C19H20N2O.ClH/c22-19(18-7-3-4-10-20-18)21-15-8-9-17-14(12-15)11-13-5-1-2-6-16(13)17;/h1-2,5-6,8-9,12,18,20H,3-4,7,10-11H2,(H,21,22);1H. The molecule has 1 aliphatic heterocycles. The van der Waals surface area contributed by atoms with E-state index in [9.17, 15) is 4.79 Å². The first-order valence-corrected chi connectivity index (χ1v) is 8.07. The zero-order valence-corrected chi connectivity index (χ0v) is 13.8. The van der Waals surface area contributed by atoms with Gasteiger partial charge < -0.3 is 10.6 Å². The van der Waals surface area contributed by atoms with Crippen molar-refractivity contribution in [2.75, 3.05) is 11.9 Å². The van der Waals surface area contributed by atoms with E-state index in [0.29, 0.717) is 0 Å². The van der Waals surface area contributed by atoms with Crippen LogP contribution >= 0.6 is 12.4 Å². The highest BCUT2D eigenvalue weighted by molar-refractivity contribution is 5.95. The number of fused-ring (bicyclic) bond motifs is 3. The van der Waals surface area contributed by atoms with Gasteiger partial charge >= 0.3 is 0 Å². The van der Waals surface area contributed by atoms with Crippen molar-refractivity contribution < 1.29 is 4.79 Å². The van der Waals surface area contributed by atoms with Gasteiger partial charge in [-0.25, -0.2) is 0 Å². The summed E-state index contributed by atoms with van der Waals surface area (Å²) >= 11 is 0. The van der Waals surface area contributed by atoms with E-state index in [1.54, 1.807) is 0 Å². The molecule has 1 unspecified atom stereocenters. The van der Waals surface area contributed by atoms with Crippen molar-refractivity contribution in [2.45, 2.75) is 31.7 Å². The van der Waals surface area contributed by atoms with Crippen LogP contribution in [0.3, 0.4) is 0 Å². The van der Waals surface area contributed by atoms with Crippen LogP contribution < -0.4 is 10.6 Å². The average Bonchev–Trinajstić information content (AvgIpc) is 2.93. The first kappa shape index (κ1) is 16.0. The summed E-state index contributed by atoms with van der Waals surface area (Å²) in [5, 5.41) is 6.36. The van der Waals surface area contributed by atoms with Gasteiger partial charge in [-0.1, -0.05) is 36.8 Å². The van der Waals surface area contributed by atoms with Gasteiger partial charge in [0.1, 0.15) is 0 Å². The molecule has 1 heterocycles. The third-order valence-electron chi connectivity index (χ3n) is 4.69. The summed E-state index contributed by atoms with van der Waals surface area (Å²) in [6.45, 7) is 0.942. The Hall–Kier alpha value is -1.84. The van der Waals surface area contributed by atoms with Gasteiger partial charge in [-0.05, 0) is 60.2 Å². The maximum Gasteiger partial charge on any atom is 0.241 e. The zero-order chi connectivity index (χ0) is 14.9. The highest BCUT2D eigenvalue weighted by Gasteiger charge is 2.22. The van der Waals surface area contributed by atoms with Crippen molar-refractivity contribution in [1.29, 1.82) is 0 Å². The number of hydrogen-bond acceptors (Lipinski definition) is 2. The predicted octanol–water partition coefficient (Wildman–Crippen LogP) is 3.76. The van der Waals surface area contributed by atoms with Crippen molar-refractivity contribution in [3.8, 4) is 11.1 Å². The molecule has 2 aliphatic rings. The Morgan fingerprint density at radius 3 is 2.70 bits per heavy atom. The molecule has 4 heteroatoms. The summed E-state index contributed by atoms with van der Waals surface area (Å²) in [7, 11) is 0. The van der Waals surface area contributed by atoms with Crippen LogP contribution in [-0.2, 0) is 11.2 Å². The Morgan fingerprint density at radius 2 is 1.87 bits per heavy atom. The topological polar surface area (TPSA) is 41.1 Å². The summed E-state index contributed by atoms with van der Waals surface area (Å²) in [5.74, 6) is 0.0927. The lowest BCUT2D eigenvalue weighted by molar-refractivity contribution is -0.118. The molecule has 0 spiro atoms. The average molecular weight is 329 g/mol. The molecule has 3 nitrogen and oxygen atoms in total. The molecular weight excluding hydrogens is 308 g/mol. The third-order valence-corrected chi connectivity index (χ3v) is 4.69. The Labute approximate surface area is 142 Å². The Kier molecular flexibility index (Phi) is 4.69. The van der Waals surface area contributed by atoms with Gasteiger partial charge in [-0.3, -0.25) is 4.79 Å². The fourth-order valence-electron chi connectivity index (χ4n) is 3.53. The SMILES string of the molecule is Cl.O=C(Nc1ccc2c(c1)Cc1ccccc1-2)C1CCCCN1. The van der Waals surface area contributed by atoms with Crippen molar-refractivity contribution in [3.05, 3.63) is 53.6 Å². The number of hydrogen-bond donors (Lipinski definition) is 2. The molecule has 1 fully saturated rings. The lowest BCUT2D eigenvalue weighted by Crippen LogP contribution is -2.43. The molecule has 1 aliphatic carbocycles. The summed E-state index contributed by atoms with van der Waals surface area (Å²) in [4.78, 5) is 12.3. The highest BCUT2D eigenvalue weighted by Crippen LogP contribution is 2.37. The molecule has 0 radical (unpaired) electrons. The van der Waals surface area contributed by atoms with Crippen LogP contribution in [0.15, 0.2) is 42.5 Å². The second-order valence-corrected chi connectivity index (χ2v) is 6.20. The monoisotopic (exact) mass is 328 g/mol. The third kappa shape index (κ3) is 3.12. The van der Waals surface area contributed by atoms with Crippen LogP contribution in [0, 0.1) is 0 Å². The maximum absolute atomic E-state index is 12.3. The zero-order valence-electron chi connectivity index (χ0n) is 13.0. The number of piperidine rings is 1. The minimum atomic E-state index is -0.0424. The summed E-state index contributed by atoms with van der Waals surface area (Å²) in [5.41, 5.74) is 6.20. The van der Waals surface area contributed by atoms with Gasteiger partial charge in [0.25, 0.3) is 0 Å². The highest BCUT2D eigenvalue weighted by atomic mass is 35.5. The summed E-state index contributed by atoms with van der Waals surface area (Å²) in [6.07, 6.45) is 4.19. The number of nitrogens with one attached hydrogen (secondary N) is 2. The van der Waals surface area contributed by atoms with E-state index in [2.05, 4.69) is 47.0 Å². The largest absolute Gasteiger partial charge is 0.325 e. The molecule has 0 bridgehead atoms. The molecular formula is C19H21ClN2O. The van der Waals surface area contributed by atoms with E-state index >= 15 is 0 Å². The Morgan fingerprint density at radius 1 is 1.04 bits per heavy atom. The van der Waals surface area contributed by atoms with Gasteiger partial charge in [0.2, 0.25) is 5.91 Å². The molecule has 1 amide bonds. The molecule has 0 aromatic heterocycles. The van der Waals surface area contributed by atoms with E-state index in [1.165, 1.54) is 28.7 Å². The summed E-state index contributed by atoms with van der Waals surface area (Å²) in [6, 6.07) is 14.7. The first-order valence-electron chi connectivity index (χ1n) is 8.07. The summed E-state index contributed by atoms with van der Waals surface area (Å²) < 4.78 is 0. The number of anilines is 1. The number of halogens is 1. The van der Waals surface area contributed by atoms with Crippen LogP contribution in [0.25, 0.3) is 11.1 Å². The van der Waals surface area contributed by atoms with Crippen LogP contribution in [-0.4, -0.2) is 18.5 Å². The molecule has 4 rings (SSSR count). The lowest BCUT2D eigenvalue weighted by Gasteiger charge is -2.22. The minimum absolute atomic E-state index is 0. The van der Waals surface area contributed by atoms with E-state index in [-0.39, 0.29) is 24.4 Å².